The average Bonchev–Trinajstić information content (AvgIpc) is 3.02. The maximum Gasteiger partial charge on any atom is 0.269 e. The molecule has 1 saturated carbocycles. The van der Waals surface area contributed by atoms with E-state index >= 15 is 0 Å². The first-order valence-electron chi connectivity index (χ1n) is 6.56. The van der Waals surface area contributed by atoms with E-state index in [0.717, 1.165) is 0 Å². The van der Waals surface area contributed by atoms with E-state index in [4.69, 9.17) is 0 Å². The van der Waals surface area contributed by atoms with E-state index in [-0.39, 0.29) is 11.6 Å². The van der Waals surface area contributed by atoms with Gasteiger partial charge in [-0.1, -0.05) is 31.9 Å². The van der Waals surface area contributed by atoms with Crippen LogP contribution in [-0.2, 0) is 9.59 Å². The molecule has 0 heterocycles. The fraction of sp³-hybridized carbons (Fsp3) is 0.286. The number of amides is 2. The molecule has 1 aromatic rings. The topological polar surface area (TPSA) is 101 Å². The number of nitrogens with one attached hydrogen (secondary N) is 2. The van der Waals surface area contributed by atoms with Crippen LogP contribution < -0.4 is 10.9 Å². The summed E-state index contributed by atoms with van der Waals surface area (Å²) in [6.45, 7) is 1.77. The lowest BCUT2D eigenvalue weighted by atomic mass is 10.1. The van der Waals surface area contributed by atoms with E-state index in [1.807, 2.05) is 0 Å². The summed E-state index contributed by atoms with van der Waals surface area (Å²) in [5.74, 6) is -0.806. The molecule has 7 nitrogen and oxygen atoms in total. The van der Waals surface area contributed by atoms with Gasteiger partial charge in [0.15, 0.2) is 0 Å². The molecule has 0 radical (unpaired) electrons. The van der Waals surface area contributed by atoms with Crippen molar-refractivity contribution in [2.24, 2.45) is 5.41 Å². The molecule has 0 saturated heterocycles. The van der Waals surface area contributed by atoms with E-state index < -0.39 is 19.5 Å². The summed E-state index contributed by atoms with van der Waals surface area (Å²) in [5.41, 5.74) is 4.64. The van der Waals surface area contributed by atoms with Crippen molar-refractivity contribution in [3.8, 4) is 0 Å². The van der Waals surface area contributed by atoms with Crippen LogP contribution in [-0.4, -0.2) is 20.0 Å². The Hall–Kier alpha value is -1.74. The van der Waals surface area contributed by atoms with Crippen LogP contribution in [0.1, 0.15) is 18.9 Å². The standard InChI is InChI=1S/C14H13Br2N3O4/c1-13(8-14(13,15)16)12(21)18-17-11(20)7-4-9-2-5-10(6-3-9)19(22)23/h2-7H,8H2,1H3,(H,17,20)(H,18,21)/b7-4+. The minimum absolute atomic E-state index is 0.0235. The highest BCUT2D eigenvalue weighted by Crippen LogP contribution is 2.66. The first-order valence-corrected chi connectivity index (χ1v) is 8.15. The van der Waals surface area contributed by atoms with Crippen LogP contribution in [0.4, 0.5) is 5.69 Å². The van der Waals surface area contributed by atoms with Gasteiger partial charge in [-0.25, -0.2) is 0 Å². The number of hydrazine groups is 1. The molecule has 1 fully saturated rings. The van der Waals surface area contributed by atoms with Crippen molar-refractivity contribution in [2.45, 2.75) is 16.6 Å². The minimum Gasteiger partial charge on any atom is -0.273 e. The lowest BCUT2D eigenvalue weighted by molar-refractivity contribution is -0.384. The number of non-ortho nitro benzene ring substituents is 1. The molecule has 0 bridgehead atoms. The lowest BCUT2D eigenvalue weighted by Gasteiger charge is -2.12. The molecule has 2 rings (SSSR count). The van der Waals surface area contributed by atoms with Gasteiger partial charge in [0.05, 0.1) is 13.6 Å². The Bertz CT molecular complexity index is 688. The molecule has 1 unspecified atom stereocenters. The second-order valence-electron chi connectivity index (χ2n) is 5.34. The molecule has 0 spiro atoms. The van der Waals surface area contributed by atoms with Crippen LogP contribution in [0.3, 0.4) is 0 Å². The monoisotopic (exact) mass is 445 g/mol. The van der Waals surface area contributed by atoms with Crippen molar-refractivity contribution < 1.29 is 14.5 Å². The molecule has 1 aliphatic rings. The van der Waals surface area contributed by atoms with Crippen molar-refractivity contribution in [1.82, 2.24) is 10.9 Å². The van der Waals surface area contributed by atoms with E-state index in [0.29, 0.717) is 12.0 Å². The zero-order valence-corrected chi connectivity index (χ0v) is 15.2. The van der Waals surface area contributed by atoms with Crippen molar-refractivity contribution in [1.29, 1.82) is 0 Å². The van der Waals surface area contributed by atoms with Gasteiger partial charge in [0.1, 0.15) is 0 Å². The maximum atomic E-state index is 11.9. The lowest BCUT2D eigenvalue weighted by Crippen LogP contribution is -2.45. The van der Waals surface area contributed by atoms with Gasteiger partial charge in [0.25, 0.3) is 11.6 Å². The second-order valence-corrected chi connectivity index (χ2v) is 9.11. The van der Waals surface area contributed by atoms with E-state index in [9.17, 15) is 19.7 Å². The molecule has 0 aromatic heterocycles. The molecule has 0 aliphatic heterocycles. The van der Waals surface area contributed by atoms with E-state index in [2.05, 4.69) is 42.7 Å². The summed E-state index contributed by atoms with van der Waals surface area (Å²) in [6.07, 6.45) is 3.33. The number of alkyl halides is 2. The number of nitro groups is 1. The fourth-order valence-corrected chi connectivity index (χ4v) is 3.30. The van der Waals surface area contributed by atoms with Crippen molar-refractivity contribution in [3.05, 3.63) is 46.0 Å². The van der Waals surface area contributed by atoms with Crippen LogP contribution in [0, 0.1) is 15.5 Å². The highest BCUT2D eigenvalue weighted by atomic mass is 79.9. The number of rotatable bonds is 4. The van der Waals surface area contributed by atoms with Gasteiger partial charge < -0.3 is 0 Å². The predicted octanol–water partition coefficient (Wildman–Crippen LogP) is 2.65. The first-order chi connectivity index (χ1) is 10.7. The average molecular weight is 447 g/mol. The Morgan fingerprint density at radius 2 is 1.83 bits per heavy atom. The molecule has 1 aliphatic carbocycles. The number of carbonyl (C=O) groups is 2. The van der Waals surface area contributed by atoms with Gasteiger partial charge in [-0.2, -0.15) is 0 Å². The van der Waals surface area contributed by atoms with Gasteiger partial charge in [-0.15, -0.1) is 0 Å². The summed E-state index contributed by atoms with van der Waals surface area (Å²) in [7, 11) is 0. The zero-order valence-electron chi connectivity index (χ0n) is 12.0. The highest BCUT2D eigenvalue weighted by Gasteiger charge is 2.66. The van der Waals surface area contributed by atoms with Gasteiger partial charge in [0, 0.05) is 18.2 Å². The molecule has 2 amide bonds. The number of hydrogen-bond donors (Lipinski definition) is 2. The fourth-order valence-electron chi connectivity index (χ4n) is 1.82. The normalized spacial score (nSPS) is 21.7. The van der Waals surface area contributed by atoms with Crippen LogP contribution in [0.25, 0.3) is 6.08 Å². The minimum atomic E-state index is -0.623. The van der Waals surface area contributed by atoms with Crippen LogP contribution >= 0.6 is 31.9 Å². The van der Waals surface area contributed by atoms with Crippen LogP contribution in [0.5, 0.6) is 0 Å². The number of benzene rings is 1. The summed E-state index contributed by atoms with van der Waals surface area (Å²) in [5, 5.41) is 10.5. The second kappa shape index (κ2) is 6.40. The summed E-state index contributed by atoms with van der Waals surface area (Å²) < 4.78 is -0.434. The van der Waals surface area contributed by atoms with Crippen LogP contribution in [0.2, 0.25) is 0 Å². The highest BCUT2D eigenvalue weighted by molar-refractivity contribution is 9.25. The summed E-state index contributed by atoms with van der Waals surface area (Å²) in [6, 6.07) is 5.74. The number of hydrogen-bond acceptors (Lipinski definition) is 4. The van der Waals surface area contributed by atoms with E-state index in [1.54, 1.807) is 6.92 Å². The Balaban J connectivity index is 1.85. The smallest absolute Gasteiger partial charge is 0.269 e. The number of nitro benzene ring substituents is 1. The molecule has 2 N–H and O–H groups in total. The third-order valence-electron chi connectivity index (χ3n) is 3.59. The zero-order chi connectivity index (χ0) is 17.3. The van der Waals surface area contributed by atoms with Gasteiger partial charge in [-0.05, 0) is 37.1 Å². The largest absolute Gasteiger partial charge is 0.273 e. The Kier molecular flexibility index (Phi) is 4.90. The summed E-state index contributed by atoms with van der Waals surface area (Å²) in [4.78, 5) is 33.6. The molecule has 1 atom stereocenters. The molecular weight excluding hydrogens is 434 g/mol. The Morgan fingerprint density at radius 3 is 2.30 bits per heavy atom. The SMILES string of the molecule is CC1(C(=O)NNC(=O)/C=C/c2ccc([N+](=O)[O-])cc2)CC1(Br)Br. The first kappa shape index (κ1) is 17.6. The molecule has 23 heavy (non-hydrogen) atoms. The predicted molar refractivity (Wildman–Crippen MR) is 91.7 cm³/mol. The molecular formula is C14H13Br2N3O4. The third-order valence-corrected chi connectivity index (χ3v) is 5.90. The van der Waals surface area contributed by atoms with Crippen molar-refractivity contribution in [3.63, 3.8) is 0 Å². The quantitative estimate of drug-likeness (QED) is 0.321. The van der Waals surface area contributed by atoms with Gasteiger partial charge in [-0.3, -0.25) is 30.6 Å². The molecule has 9 heteroatoms. The number of carbonyl (C=O) groups excluding carboxylic acids is 2. The Labute approximate surface area is 148 Å². The van der Waals surface area contributed by atoms with Crippen LogP contribution in [0.15, 0.2) is 30.3 Å². The Morgan fingerprint density at radius 1 is 1.26 bits per heavy atom. The summed E-state index contributed by atoms with van der Waals surface area (Å²) >= 11 is 6.75. The van der Waals surface area contributed by atoms with Crippen molar-refractivity contribution in [2.75, 3.05) is 0 Å². The van der Waals surface area contributed by atoms with Gasteiger partial charge in [0.2, 0.25) is 5.91 Å². The number of halogens is 2. The van der Waals surface area contributed by atoms with Crippen molar-refractivity contribution >= 4 is 55.4 Å². The third kappa shape index (κ3) is 3.97. The molecule has 122 valence electrons. The number of nitrogens with zero attached hydrogens (tertiary/aromatic N) is 1. The molecule has 1 aromatic carbocycles. The van der Waals surface area contributed by atoms with Gasteiger partial charge >= 0.3 is 0 Å². The van der Waals surface area contributed by atoms with E-state index in [1.165, 1.54) is 36.4 Å². The maximum absolute atomic E-state index is 11.9.